The molecule has 1 aliphatic rings. The van der Waals surface area contributed by atoms with Crippen LogP contribution in [0.3, 0.4) is 0 Å². The Balaban J connectivity index is 1.49. The molecule has 1 atom stereocenters. The van der Waals surface area contributed by atoms with Gasteiger partial charge >= 0.3 is 12.1 Å². The quantitative estimate of drug-likeness (QED) is 0.506. The van der Waals surface area contributed by atoms with Crippen LogP contribution in [0.1, 0.15) is 32.3 Å². The number of thiophene rings is 1. The molecule has 1 unspecified atom stereocenters. The highest BCUT2D eigenvalue weighted by molar-refractivity contribution is 7.18. The summed E-state index contributed by atoms with van der Waals surface area (Å²) in [5, 5.41) is 11.1. The SMILES string of the molecule is CC(C)OC(=O)N1CCC(N(C)c2ncnc3c(-c4ccc(CC(N)C(=O)O)cc4)csc23)CC1. The number of likely N-dealkylation sites (tertiary alicyclic amines) is 1. The van der Waals surface area contributed by atoms with Crippen molar-refractivity contribution in [3.8, 4) is 11.1 Å². The van der Waals surface area contributed by atoms with Crippen molar-refractivity contribution in [1.29, 1.82) is 0 Å². The standard InChI is InChI=1S/C25H31N5O4S/c1-15(2)34-25(33)30-10-8-18(9-11-30)29(3)23-22-21(27-14-28-23)19(13-35-22)17-6-4-16(5-7-17)12-20(26)24(31)32/h4-7,13-15,18,20H,8-12,26H2,1-3H3,(H,31,32). The third-order valence-electron chi connectivity index (χ3n) is 6.31. The van der Waals surface area contributed by atoms with Gasteiger partial charge in [0.1, 0.15) is 18.2 Å². The van der Waals surface area contributed by atoms with E-state index in [1.807, 2.05) is 38.1 Å². The molecule has 1 saturated heterocycles. The summed E-state index contributed by atoms with van der Waals surface area (Å²) in [6, 6.07) is 7.12. The molecule has 1 aromatic carbocycles. The second kappa shape index (κ2) is 10.6. The summed E-state index contributed by atoms with van der Waals surface area (Å²) in [5.74, 6) is -0.120. The number of carbonyl (C=O) groups excluding carboxylic acids is 1. The van der Waals surface area contributed by atoms with E-state index in [4.69, 9.17) is 15.6 Å². The maximum absolute atomic E-state index is 12.2. The average molecular weight is 498 g/mol. The van der Waals surface area contributed by atoms with E-state index in [1.54, 1.807) is 22.6 Å². The van der Waals surface area contributed by atoms with Gasteiger partial charge in [0.2, 0.25) is 0 Å². The van der Waals surface area contributed by atoms with Crippen LogP contribution in [0.2, 0.25) is 0 Å². The van der Waals surface area contributed by atoms with Gasteiger partial charge in [-0.1, -0.05) is 24.3 Å². The Morgan fingerprint density at radius 3 is 2.54 bits per heavy atom. The van der Waals surface area contributed by atoms with Crippen LogP contribution in [-0.4, -0.2) is 70.4 Å². The Morgan fingerprint density at radius 2 is 1.91 bits per heavy atom. The van der Waals surface area contributed by atoms with E-state index in [1.165, 1.54) is 0 Å². The highest BCUT2D eigenvalue weighted by atomic mass is 32.1. The summed E-state index contributed by atoms with van der Waals surface area (Å²) in [7, 11) is 2.05. The molecule has 1 amide bonds. The van der Waals surface area contributed by atoms with Gasteiger partial charge in [-0.3, -0.25) is 4.79 Å². The fraction of sp³-hybridized carbons (Fsp3) is 0.440. The number of carboxylic acids is 1. The van der Waals surface area contributed by atoms with Crippen LogP contribution in [-0.2, 0) is 16.0 Å². The van der Waals surface area contributed by atoms with E-state index in [0.29, 0.717) is 13.1 Å². The van der Waals surface area contributed by atoms with Gasteiger partial charge in [0.05, 0.1) is 16.3 Å². The van der Waals surface area contributed by atoms with Crippen LogP contribution in [0.25, 0.3) is 21.3 Å². The third kappa shape index (κ3) is 5.54. The zero-order valence-electron chi connectivity index (χ0n) is 20.2. The molecule has 0 radical (unpaired) electrons. The van der Waals surface area contributed by atoms with Crippen LogP contribution in [0.15, 0.2) is 36.0 Å². The molecular weight excluding hydrogens is 466 g/mol. The van der Waals surface area contributed by atoms with E-state index in [2.05, 4.69) is 27.3 Å². The number of ether oxygens (including phenoxy) is 1. The minimum absolute atomic E-state index is 0.122. The molecule has 1 aliphatic heterocycles. The maximum Gasteiger partial charge on any atom is 0.410 e. The van der Waals surface area contributed by atoms with Gasteiger partial charge in [0.15, 0.2) is 0 Å². The smallest absolute Gasteiger partial charge is 0.410 e. The summed E-state index contributed by atoms with van der Waals surface area (Å²) in [5.41, 5.74) is 9.45. The summed E-state index contributed by atoms with van der Waals surface area (Å²) in [4.78, 5) is 36.4. The fourth-order valence-electron chi connectivity index (χ4n) is 4.34. The number of carbonyl (C=O) groups is 2. The number of hydrogen-bond acceptors (Lipinski definition) is 8. The molecule has 4 rings (SSSR count). The van der Waals surface area contributed by atoms with Crippen molar-refractivity contribution >= 4 is 39.4 Å². The molecule has 0 spiro atoms. The number of hydrogen-bond donors (Lipinski definition) is 2. The largest absolute Gasteiger partial charge is 0.480 e. The van der Waals surface area contributed by atoms with Crippen molar-refractivity contribution in [3.05, 3.63) is 41.5 Å². The summed E-state index contributed by atoms with van der Waals surface area (Å²) < 4.78 is 6.35. The summed E-state index contributed by atoms with van der Waals surface area (Å²) in [6.07, 6.45) is 3.19. The van der Waals surface area contributed by atoms with Crippen molar-refractivity contribution in [1.82, 2.24) is 14.9 Å². The maximum atomic E-state index is 12.2. The second-order valence-electron chi connectivity index (χ2n) is 9.13. The van der Waals surface area contributed by atoms with Crippen LogP contribution in [0, 0.1) is 0 Å². The number of aliphatic carboxylic acids is 1. The summed E-state index contributed by atoms with van der Waals surface area (Å²) in [6.45, 7) is 5.03. The Bertz CT molecular complexity index is 1190. The lowest BCUT2D eigenvalue weighted by molar-refractivity contribution is -0.138. The number of aromatic nitrogens is 2. The Labute approximate surface area is 208 Å². The van der Waals surface area contributed by atoms with E-state index in [9.17, 15) is 9.59 Å². The van der Waals surface area contributed by atoms with E-state index in [0.717, 1.165) is 45.6 Å². The average Bonchev–Trinajstić information content (AvgIpc) is 3.28. The Kier molecular flexibility index (Phi) is 7.51. The number of fused-ring (bicyclic) bond motifs is 1. The van der Waals surface area contributed by atoms with Gasteiger partial charge in [-0.05, 0) is 44.2 Å². The van der Waals surface area contributed by atoms with E-state index >= 15 is 0 Å². The number of anilines is 1. The number of amides is 1. The van der Waals surface area contributed by atoms with Gasteiger partial charge in [0, 0.05) is 37.1 Å². The summed E-state index contributed by atoms with van der Waals surface area (Å²) >= 11 is 1.61. The van der Waals surface area contributed by atoms with E-state index < -0.39 is 12.0 Å². The highest BCUT2D eigenvalue weighted by Crippen LogP contribution is 2.37. The molecule has 1 fully saturated rings. The predicted molar refractivity (Wildman–Crippen MR) is 137 cm³/mol. The first-order valence-corrected chi connectivity index (χ1v) is 12.6. The Hall–Kier alpha value is -3.24. The number of carboxylic acid groups (broad SMARTS) is 1. The first-order chi connectivity index (χ1) is 16.7. The molecule has 0 bridgehead atoms. The lowest BCUT2D eigenvalue weighted by atomic mass is 10.0. The molecular formula is C25H31N5O4S. The molecule has 3 aromatic rings. The van der Waals surface area contributed by atoms with Gasteiger partial charge in [-0.2, -0.15) is 0 Å². The van der Waals surface area contributed by atoms with Gasteiger partial charge in [-0.25, -0.2) is 14.8 Å². The third-order valence-corrected chi connectivity index (χ3v) is 7.28. The van der Waals surface area contributed by atoms with Crippen molar-refractivity contribution in [3.63, 3.8) is 0 Å². The van der Waals surface area contributed by atoms with Crippen LogP contribution in [0.5, 0.6) is 0 Å². The van der Waals surface area contributed by atoms with Crippen LogP contribution >= 0.6 is 11.3 Å². The van der Waals surface area contributed by atoms with Crippen molar-refractivity contribution in [2.45, 2.75) is 51.3 Å². The highest BCUT2D eigenvalue weighted by Gasteiger charge is 2.28. The fourth-order valence-corrected chi connectivity index (χ4v) is 5.40. The number of nitrogens with zero attached hydrogens (tertiary/aromatic N) is 4. The van der Waals surface area contributed by atoms with Gasteiger partial charge in [0.25, 0.3) is 0 Å². The lowest BCUT2D eigenvalue weighted by Crippen LogP contribution is -2.46. The normalized spacial score (nSPS) is 15.4. The molecule has 3 N–H and O–H groups in total. The lowest BCUT2D eigenvalue weighted by Gasteiger charge is -2.37. The molecule has 3 heterocycles. The molecule has 0 aliphatic carbocycles. The monoisotopic (exact) mass is 497 g/mol. The molecule has 186 valence electrons. The molecule has 35 heavy (non-hydrogen) atoms. The first-order valence-electron chi connectivity index (χ1n) is 11.7. The van der Waals surface area contributed by atoms with E-state index in [-0.39, 0.29) is 24.7 Å². The number of piperidine rings is 1. The predicted octanol–water partition coefficient (Wildman–Crippen LogP) is 3.76. The minimum atomic E-state index is -1.01. The Morgan fingerprint density at radius 1 is 1.23 bits per heavy atom. The molecule has 2 aromatic heterocycles. The topological polar surface area (TPSA) is 122 Å². The van der Waals surface area contributed by atoms with Crippen LogP contribution in [0.4, 0.5) is 10.6 Å². The van der Waals surface area contributed by atoms with Crippen molar-refractivity contribution in [2.75, 3.05) is 25.0 Å². The first kappa shape index (κ1) is 24.9. The second-order valence-corrected chi connectivity index (χ2v) is 10.0. The van der Waals surface area contributed by atoms with Gasteiger partial charge < -0.3 is 25.4 Å². The molecule has 10 heteroatoms. The number of rotatable bonds is 7. The molecule has 0 saturated carbocycles. The minimum Gasteiger partial charge on any atom is -0.480 e. The van der Waals surface area contributed by atoms with Gasteiger partial charge in [-0.15, -0.1) is 11.3 Å². The zero-order valence-corrected chi connectivity index (χ0v) is 21.0. The zero-order chi connectivity index (χ0) is 25.1. The van der Waals surface area contributed by atoms with Crippen molar-refractivity contribution < 1.29 is 19.4 Å². The van der Waals surface area contributed by atoms with Crippen LogP contribution < -0.4 is 10.6 Å². The van der Waals surface area contributed by atoms with Crippen molar-refractivity contribution in [2.24, 2.45) is 5.73 Å². The number of nitrogens with two attached hydrogens (primary N) is 1. The number of benzene rings is 1. The molecule has 9 nitrogen and oxygen atoms in total.